The number of hydrogen-bond acceptors (Lipinski definition) is 3. The zero-order valence-corrected chi connectivity index (χ0v) is 14.4. The van der Waals surface area contributed by atoms with Crippen molar-refractivity contribution in [1.29, 1.82) is 0 Å². The molecule has 0 unspecified atom stereocenters. The van der Waals surface area contributed by atoms with Crippen LogP contribution >= 0.6 is 11.8 Å². The third-order valence-corrected chi connectivity index (χ3v) is 5.10. The van der Waals surface area contributed by atoms with Crippen LogP contribution in [0, 0.1) is 0 Å². The van der Waals surface area contributed by atoms with E-state index in [1.165, 1.54) is 29.6 Å². The predicted octanol–water partition coefficient (Wildman–Crippen LogP) is 3.61. The number of hydrogen-bond donors (Lipinski definition) is 2. The summed E-state index contributed by atoms with van der Waals surface area (Å²) in [5.74, 6) is 0.951. The number of amides is 2. The summed E-state index contributed by atoms with van der Waals surface area (Å²) in [5, 5.41) is 5.63. The molecule has 2 amide bonds. The van der Waals surface area contributed by atoms with E-state index in [-0.39, 0.29) is 11.8 Å². The van der Waals surface area contributed by atoms with Gasteiger partial charge in [0.1, 0.15) is 0 Å². The second kappa shape index (κ2) is 7.53. The van der Waals surface area contributed by atoms with Gasteiger partial charge in [0, 0.05) is 29.6 Å². The van der Waals surface area contributed by atoms with E-state index >= 15 is 0 Å². The number of rotatable bonds is 4. The minimum absolute atomic E-state index is 0.114. The minimum Gasteiger partial charge on any atom is -0.348 e. The topological polar surface area (TPSA) is 58.2 Å². The van der Waals surface area contributed by atoms with Crippen LogP contribution in [-0.4, -0.2) is 17.6 Å². The zero-order chi connectivity index (χ0) is 16.9. The number of carbonyl (C=O) groups excluding carboxylic acids is 2. The molecule has 0 saturated carbocycles. The standard InChI is InChI=1S/C19H20N2O2S/c1-13(22)21-17-7-5-15(6-8-17)19(23)20-12-14-4-9-18-16(11-14)3-2-10-24-18/h4-9,11H,2-3,10,12H2,1H3,(H,20,23)(H,21,22). The average molecular weight is 340 g/mol. The largest absolute Gasteiger partial charge is 0.348 e. The maximum atomic E-state index is 12.2. The number of carbonyl (C=O) groups is 2. The summed E-state index contributed by atoms with van der Waals surface area (Å²) >= 11 is 1.91. The third kappa shape index (κ3) is 4.17. The van der Waals surface area contributed by atoms with Gasteiger partial charge in [0.2, 0.25) is 5.91 Å². The van der Waals surface area contributed by atoms with E-state index in [2.05, 4.69) is 28.8 Å². The highest BCUT2D eigenvalue weighted by atomic mass is 32.2. The van der Waals surface area contributed by atoms with Gasteiger partial charge in [-0.25, -0.2) is 0 Å². The Bertz CT molecular complexity index is 756. The molecule has 0 spiro atoms. The molecule has 2 aromatic rings. The van der Waals surface area contributed by atoms with Gasteiger partial charge >= 0.3 is 0 Å². The van der Waals surface area contributed by atoms with Gasteiger partial charge < -0.3 is 10.6 Å². The van der Waals surface area contributed by atoms with Crippen molar-refractivity contribution in [2.24, 2.45) is 0 Å². The molecule has 0 radical (unpaired) electrons. The molecule has 0 saturated heterocycles. The van der Waals surface area contributed by atoms with E-state index < -0.39 is 0 Å². The van der Waals surface area contributed by atoms with Crippen LogP contribution in [0.3, 0.4) is 0 Å². The van der Waals surface area contributed by atoms with E-state index in [0.717, 1.165) is 12.0 Å². The zero-order valence-electron chi connectivity index (χ0n) is 13.6. The van der Waals surface area contributed by atoms with Crippen LogP contribution in [0.1, 0.15) is 34.8 Å². The van der Waals surface area contributed by atoms with Crippen LogP contribution in [0.15, 0.2) is 47.4 Å². The monoisotopic (exact) mass is 340 g/mol. The summed E-state index contributed by atoms with van der Waals surface area (Å²) < 4.78 is 0. The van der Waals surface area contributed by atoms with Crippen LogP contribution in [0.4, 0.5) is 5.69 Å². The Morgan fingerprint density at radius 2 is 1.92 bits per heavy atom. The Balaban J connectivity index is 1.60. The van der Waals surface area contributed by atoms with Gasteiger partial charge in [-0.1, -0.05) is 12.1 Å². The molecule has 1 heterocycles. The maximum Gasteiger partial charge on any atom is 0.251 e. The molecular formula is C19H20N2O2S. The molecular weight excluding hydrogens is 320 g/mol. The van der Waals surface area contributed by atoms with Gasteiger partial charge in [0.05, 0.1) is 0 Å². The van der Waals surface area contributed by atoms with Crippen molar-refractivity contribution >= 4 is 29.3 Å². The fraction of sp³-hybridized carbons (Fsp3) is 0.263. The second-order valence-corrected chi connectivity index (χ2v) is 6.97. The molecule has 24 heavy (non-hydrogen) atoms. The van der Waals surface area contributed by atoms with Crippen LogP contribution in [0.5, 0.6) is 0 Å². The van der Waals surface area contributed by atoms with Crippen LogP contribution in [-0.2, 0) is 17.8 Å². The molecule has 0 aromatic heterocycles. The summed E-state index contributed by atoms with van der Waals surface area (Å²) in [4.78, 5) is 24.6. The number of benzene rings is 2. The molecule has 124 valence electrons. The fourth-order valence-corrected chi connectivity index (χ4v) is 3.74. The van der Waals surface area contributed by atoms with Crippen molar-refractivity contribution in [2.45, 2.75) is 31.2 Å². The molecule has 2 N–H and O–H groups in total. The van der Waals surface area contributed by atoms with Gasteiger partial charge in [0.25, 0.3) is 5.91 Å². The van der Waals surface area contributed by atoms with E-state index in [1.807, 2.05) is 11.8 Å². The van der Waals surface area contributed by atoms with E-state index in [1.54, 1.807) is 24.3 Å². The molecule has 0 aliphatic carbocycles. The first-order chi connectivity index (χ1) is 11.6. The SMILES string of the molecule is CC(=O)Nc1ccc(C(=O)NCc2ccc3c(c2)CCCS3)cc1. The number of fused-ring (bicyclic) bond motifs is 1. The summed E-state index contributed by atoms with van der Waals surface area (Å²) in [6.07, 6.45) is 2.34. The quantitative estimate of drug-likeness (QED) is 0.894. The normalized spacial score (nSPS) is 13.0. The Hall–Kier alpha value is -2.27. The minimum atomic E-state index is -0.127. The first-order valence-electron chi connectivity index (χ1n) is 8.02. The van der Waals surface area contributed by atoms with Gasteiger partial charge in [-0.3, -0.25) is 9.59 Å². The Labute approximate surface area is 146 Å². The molecule has 3 rings (SSSR count). The molecule has 5 heteroatoms. The van der Waals surface area contributed by atoms with E-state index in [9.17, 15) is 9.59 Å². The summed E-state index contributed by atoms with van der Waals surface area (Å²) in [6.45, 7) is 1.97. The molecule has 0 fully saturated rings. The third-order valence-electron chi connectivity index (χ3n) is 3.89. The summed E-state index contributed by atoms with van der Waals surface area (Å²) in [6, 6.07) is 13.3. The molecule has 0 atom stereocenters. The number of anilines is 1. The van der Waals surface area contributed by atoms with Crippen molar-refractivity contribution in [2.75, 3.05) is 11.1 Å². The fourth-order valence-electron chi connectivity index (χ4n) is 2.72. The molecule has 0 bridgehead atoms. The Morgan fingerprint density at radius 3 is 2.67 bits per heavy atom. The van der Waals surface area contributed by atoms with Crippen molar-refractivity contribution in [3.05, 3.63) is 59.2 Å². The van der Waals surface area contributed by atoms with Crippen LogP contribution in [0.25, 0.3) is 0 Å². The van der Waals surface area contributed by atoms with Gasteiger partial charge in [-0.15, -0.1) is 11.8 Å². The first kappa shape index (κ1) is 16.6. The van der Waals surface area contributed by atoms with Crippen LogP contribution < -0.4 is 10.6 Å². The highest BCUT2D eigenvalue weighted by molar-refractivity contribution is 7.99. The van der Waals surface area contributed by atoms with Gasteiger partial charge in [-0.05, 0) is 60.1 Å². The van der Waals surface area contributed by atoms with Crippen molar-refractivity contribution in [3.63, 3.8) is 0 Å². The lowest BCUT2D eigenvalue weighted by atomic mass is 10.1. The number of aryl methyl sites for hydroxylation is 1. The number of nitrogens with one attached hydrogen (secondary N) is 2. The number of thioether (sulfide) groups is 1. The molecule has 1 aliphatic rings. The van der Waals surface area contributed by atoms with E-state index in [4.69, 9.17) is 0 Å². The first-order valence-corrected chi connectivity index (χ1v) is 9.01. The van der Waals surface area contributed by atoms with E-state index in [0.29, 0.717) is 17.8 Å². The maximum absolute atomic E-state index is 12.2. The lowest BCUT2D eigenvalue weighted by Gasteiger charge is -2.16. The highest BCUT2D eigenvalue weighted by Gasteiger charge is 2.11. The average Bonchev–Trinajstić information content (AvgIpc) is 2.59. The Morgan fingerprint density at radius 1 is 1.12 bits per heavy atom. The van der Waals surface area contributed by atoms with Crippen molar-refractivity contribution in [1.82, 2.24) is 5.32 Å². The second-order valence-electron chi connectivity index (χ2n) is 5.84. The predicted molar refractivity (Wildman–Crippen MR) is 97.4 cm³/mol. The van der Waals surface area contributed by atoms with Crippen molar-refractivity contribution in [3.8, 4) is 0 Å². The lowest BCUT2D eigenvalue weighted by molar-refractivity contribution is -0.114. The molecule has 1 aliphatic heterocycles. The molecule has 2 aromatic carbocycles. The highest BCUT2D eigenvalue weighted by Crippen LogP contribution is 2.30. The lowest BCUT2D eigenvalue weighted by Crippen LogP contribution is -2.23. The van der Waals surface area contributed by atoms with Crippen molar-refractivity contribution < 1.29 is 9.59 Å². The van der Waals surface area contributed by atoms with Gasteiger partial charge in [-0.2, -0.15) is 0 Å². The Kier molecular flexibility index (Phi) is 5.20. The molecule has 4 nitrogen and oxygen atoms in total. The van der Waals surface area contributed by atoms with Crippen LogP contribution in [0.2, 0.25) is 0 Å². The van der Waals surface area contributed by atoms with Gasteiger partial charge in [0.15, 0.2) is 0 Å². The summed E-state index contributed by atoms with van der Waals surface area (Å²) in [5.41, 5.74) is 3.78. The summed E-state index contributed by atoms with van der Waals surface area (Å²) in [7, 11) is 0. The smallest absolute Gasteiger partial charge is 0.251 e.